The van der Waals surface area contributed by atoms with Gasteiger partial charge in [-0.25, -0.2) is 4.79 Å². The maximum Gasteiger partial charge on any atom is 0.315 e. The SMILES string of the molecule is CCCC(C)(C)NC(=O)NCC. The second kappa shape index (κ2) is 5.01. The second-order valence-corrected chi connectivity index (χ2v) is 3.62. The molecule has 0 aliphatic heterocycles. The summed E-state index contributed by atoms with van der Waals surface area (Å²) in [6.45, 7) is 8.76. The minimum absolute atomic E-state index is 0.0732. The Bertz CT molecular complexity index is 143. The van der Waals surface area contributed by atoms with Crippen LogP contribution in [0.15, 0.2) is 0 Å². The van der Waals surface area contributed by atoms with Gasteiger partial charge in [-0.1, -0.05) is 13.3 Å². The molecular formula is C9H20N2O. The van der Waals surface area contributed by atoms with Crippen molar-refractivity contribution in [3.63, 3.8) is 0 Å². The van der Waals surface area contributed by atoms with Gasteiger partial charge in [-0.3, -0.25) is 0 Å². The third-order valence-corrected chi connectivity index (χ3v) is 1.66. The maximum atomic E-state index is 11.1. The molecule has 0 spiro atoms. The van der Waals surface area contributed by atoms with Crippen molar-refractivity contribution in [2.75, 3.05) is 6.54 Å². The third-order valence-electron chi connectivity index (χ3n) is 1.66. The molecular weight excluding hydrogens is 152 g/mol. The van der Waals surface area contributed by atoms with Gasteiger partial charge in [-0.15, -0.1) is 0 Å². The van der Waals surface area contributed by atoms with Crippen molar-refractivity contribution in [3.8, 4) is 0 Å². The average molecular weight is 172 g/mol. The minimum Gasteiger partial charge on any atom is -0.338 e. The molecule has 12 heavy (non-hydrogen) atoms. The van der Waals surface area contributed by atoms with Crippen LogP contribution in [0.5, 0.6) is 0 Å². The zero-order valence-corrected chi connectivity index (χ0v) is 8.53. The van der Waals surface area contributed by atoms with Gasteiger partial charge in [0.15, 0.2) is 0 Å². The Kier molecular flexibility index (Phi) is 4.71. The van der Waals surface area contributed by atoms with E-state index in [0.29, 0.717) is 6.54 Å². The molecule has 0 aliphatic carbocycles. The Morgan fingerprint density at radius 2 is 1.92 bits per heavy atom. The fourth-order valence-corrected chi connectivity index (χ4v) is 1.20. The first kappa shape index (κ1) is 11.3. The highest BCUT2D eigenvalue weighted by Crippen LogP contribution is 2.09. The summed E-state index contributed by atoms with van der Waals surface area (Å²) >= 11 is 0. The molecule has 2 amide bonds. The van der Waals surface area contributed by atoms with E-state index in [1.807, 2.05) is 20.8 Å². The number of carbonyl (C=O) groups is 1. The van der Waals surface area contributed by atoms with Crippen LogP contribution < -0.4 is 10.6 Å². The van der Waals surface area contributed by atoms with E-state index < -0.39 is 0 Å². The number of hydrogen-bond donors (Lipinski definition) is 2. The van der Waals surface area contributed by atoms with Crippen LogP contribution in [0, 0.1) is 0 Å². The van der Waals surface area contributed by atoms with Gasteiger partial charge in [0, 0.05) is 12.1 Å². The van der Waals surface area contributed by atoms with Crippen molar-refractivity contribution in [3.05, 3.63) is 0 Å². The Hall–Kier alpha value is -0.730. The predicted molar refractivity (Wildman–Crippen MR) is 51.2 cm³/mol. The number of hydrogen-bond acceptors (Lipinski definition) is 1. The lowest BCUT2D eigenvalue weighted by atomic mass is 9.99. The molecule has 0 radical (unpaired) electrons. The molecule has 0 saturated carbocycles. The summed E-state index contributed by atoms with van der Waals surface area (Å²) in [6.07, 6.45) is 2.09. The third kappa shape index (κ3) is 4.99. The van der Waals surface area contributed by atoms with E-state index in [4.69, 9.17) is 0 Å². The summed E-state index contributed by atoms with van der Waals surface area (Å²) in [7, 11) is 0. The van der Waals surface area contributed by atoms with E-state index in [2.05, 4.69) is 17.6 Å². The fraction of sp³-hybridized carbons (Fsp3) is 0.889. The molecule has 0 aromatic carbocycles. The molecule has 0 saturated heterocycles. The van der Waals surface area contributed by atoms with Crippen molar-refractivity contribution in [1.82, 2.24) is 10.6 Å². The fourth-order valence-electron chi connectivity index (χ4n) is 1.20. The van der Waals surface area contributed by atoms with Crippen molar-refractivity contribution in [2.45, 2.75) is 46.1 Å². The highest BCUT2D eigenvalue weighted by atomic mass is 16.2. The van der Waals surface area contributed by atoms with Crippen molar-refractivity contribution < 1.29 is 4.79 Å². The first-order valence-electron chi connectivity index (χ1n) is 4.58. The molecule has 0 fully saturated rings. The molecule has 0 aliphatic rings. The van der Waals surface area contributed by atoms with Gasteiger partial charge in [0.2, 0.25) is 0 Å². The lowest BCUT2D eigenvalue weighted by Crippen LogP contribution is -2.48. The first-order chi connectivity index (χ1) is 5.52. The quantitative estimate of drug-likeness (QED) is 0.668. The van der Waals surface area contributed by atoms with Crippen LogP contribution in [0.2, 0.25) is 0 Å². The van der Waals surface area contributed by atoms with Crippen LogP contribution in [0.1, 0.15) is 40.5 Å². The van der Waals surface area contributed by atoms with Crippen molar-refractivity contribution in [1.29, 1.82) is 0 Å². The predicted octanol–water partition coefficient (Wildman–Crippen LogP) is 1.88. The number of carbonyl (C=O) groups excluding carboxylic acids is 1. The summed E-state index contributed by atoms with van der Waals surface area (Å²) in [5.41, 5.74) is -0.0893. The minimum atomic E-state index is -0.0893. The monoisotopic (exact) mass is 172 g/mol. The zero-order chi connectivity index (χ0) is 9.61. The van der Waals surface area contributed by atoms with Gasteiger partial charge >= 0.3 is 6.03 Å². The van der Waals surface area contributed by atoms with Crippen LogP contribution in [-0.4, -0.2) is 18.1 Å². The first-order valence-corrected chi connectivity index (χ1v) is 4.58. The van der Waals surface area contributed by atoms with Gasteiger partial charge in [-0.2, -0.15) is 0 Å². The average Bonchev–Trinajstić information content (AvgIpc) is 1.85. The number of urea groups is 1. The van der Waals surface area contributed by atoms with E-state index >= 15 is 0 Å². The van der Waals surface area contributed by atoms with E-state index in [0.717, 1.165) is 12.8 Å². The van der Waals surface area contributed by atoms with E-state index in [9.17, 15) is 4.79 Å². The smallest absolute Gasteiger partial charge is 0.315 e. The van der Waals surface area contributed by atoms with Gasteiger partial charge in [0.1, 0.15) is 0 Å². The maximum absolute atomic E-state index is 11.1. The second-order valence-electron chi connectivity index (χ2n) is 3.62. The van der Waals surface area contributed by atoms with Crippen molar-refractivity contribution >= 4 is 6.03 Å². The molecule has 0 aromatic rings. The Morgan fingerprint density at radius 3 is 2.33 bits per heavy atom. The molecule has 2 N–H and O–H groups in total. The number of rotatable bonds is 4. The molecule has 0 aromatic heterocycles. The molecule has 3 nitrogen and oxygen atoms in total. The van der Waals surface area contributed by atoms with Crippen LogP contribution in [0.3, 0.4) is 0 Å². The zero-order valence-electron chi connectivity index (χ0n) is 8.53. The van der Waals surface area contributed by atoms with E-state index in [-0.39, 0.29) is 11.6 Å². The van der Waals surface area contributed by atoms with Gasteiger partial charge in [0.05, 0.1) is 0 Å². The van der Waals surface area contributed by atoms with E-state index in [1.165, 1.54) is 0 Å². The molecule has 0 rings (SSSR count). The normalized spacial score (nSPS) is 11.0. The van der Waals surface area contributed by atoms with Crippen LogP contribution in [0.25, 0.3) is 0 Å². The van der Waals surface area contributed by atoms with Gasteiger partial charge < -0.3 is 10.6 Å². The van der Waals surface area contributed by atoms with Crippen LogP contribution in [-0.2, 0) is 0 Å². The Labute approximate surface area is 74.9 Å². The topological polar surface area (TPSA) is 41.1 Å². The molecule has 0 heterocycles. The summed E-state index contributed by atoms with van der Waals surface area (Å²) in [5, 5.41) is 5.62. The number of amides is 2. The van der Waals surface area contributed by atoms with Crippen LogP contribution >= 0.6 is 0 Å². The van der Waals surface area contributed by atoms with Gasteiger partial charge in [0.25, 0.3) is 0 Å². The largest absolute Gasteiger partial charge is 0.338 e. The summed E-state index contributed by atoms with van der Waals surface area (Å²) in [4.78, 5) is 11.1. The molecule has 0 bridgehead atoms. The van der Waals surface area contributed by atoms with E-state index in [1.54, 1.807) is 0 Å². The highest BCUT2D eigenvalue weighted by Gasteiger charge is 2.18. The van der Waals surface area contributed by atoms with Crippen LogP contribution in [0.4, 0.5) is 4.79 Å². The molecule has 3 heteroatoms. The van der Waals surface area contributed by atoms with Crippen molar-refractivity contribution in [2.24, 2.45) is 0 Å². The standard InChI is InChI=1S/C9H20N2O/c1-5-7-9(3,4)11-8(12)10-6-2/h5-7H2,1-4H3,(H2,10,11,12). The lowest BCUT2D eigenvalue weighted by Gasteiger charge is -2.25. The summed E-state index contributed by atoms with van der Waals surface area (Å²) in [5.74, 6) is 0. The molecule has 0 atom stereocenters. The van der Waals surface area contributed by atoms with Gasteiger partial charge in [-0.05, 0) is 27.2 Å². The highest BCUT2D eigenvalue weighted by molar-refractivity contribution is 5.74. The lowest BCUT2D eigenvalue weighted by molar-refractivity contribution is 0.228. The number of nitrogens with one attached hydrogen (secondary N) is 2. The molecule has 72 valence electrons. The summed E-state index contributed by atoms with van der Waals surface area (Å²) in [6, 6.07) is -0.0732. The Balaban J connectivity index is 3.79. The summed E-state index contributed by atoms with van der Waals surface area (Å²) < 4.78 is 0. The molecule has 0 unspecified atom stereocenters. The Morgan fingerprint density at radius 1 is 1.33 bits per heavy atom.